The van der Waals surface area contributed by atoms with Gasteiger partial charge in [-0.2, -0.15) is 4.98 Å². The molecule has 2 aromatic rings. The maximum atomic E-state index is 12.8. The number of rotatable bonds is 4. The van der Waals surface area contributed by atoms with Crippen molar-refractivity contribution in [2.75, 3.05) is 20.1 Å². The first-order valence-corrected chi connectivity index (χ1v) is 8.67. The molecule has 0 radical (unpaired) electrons. The van der Waals surface area contributed by atoms with E-state index in [1.807, 2.05) is 11.8 Å². The number of aromatic nitrogens is 3. The van der Waals surface area contributed by atoms with E-state index in [1.54, 1.807) is 13.8 Å². The Morgan fingerprint density at radius 2 is 2.00 bits per heavy atom. The minimum absolute atomic E-state index is 0.0216. The maximum Gasteiger partial charge on any atom is 0.259 e. The van der Waals surface area contributed by atoms with Crippen molar-refractivity contribution in [2.45, 2.75) is 52.6 Å². The molecule has 1 saturated heterocycles. The van der Waals surface area contributed by atoms with Crippen LogP contribution in [0.3, 0.4) is 0 Å². The number of nitrogens with zero attached hydrogens (tertiary/aromatic N) is 5. The minimum atomic E-state index is 0.0216. The lowest BCUT2D eigenvalue weighted by Crippen LogP contribution is -2.35. The molecule has 0 aromatic carbocycles. The van der Waals surface area contributed by atoms with Crippen LogP contribution >= 0.6 is 0 Å². The highest BCUT2D eigenvalue weighted by atomic mass is 16.5. The van der Waals surface area contributed by atoms with Crippen molar-refractivity contribution in [1.82, 2.24) is 25.1 Å². The van der Waals surface area contributed by atoms with Gasteiger partial charge in [-0.1, -0.05) is 10.3 Å². The van der Waals surface area contributed by atoms with Gasteiger partial charge in [0.25, 0.3) is 5.91 Å². The van der Waals surface area contributed by atoms with E-state index in [9.17, 15) is 4.79 Å². The Kier molecular flexibility index (Phi) is 5.17. The first-order chi connectivity index (χ1) is 12.0. The molecule has 0 saturated carbocycles. The number of likely N-dealkylation sites (tertiary alicyclic amines) is 1. The molecule has 0 aliphatic carbocycles. The average molecular weight is 347 g/mol. The van der Waals surface area contributed by atoms with E-state index in [2.05, 4.69) is 27.2 Å². The Bertz CT molecular complexity index is 719. The van der Waals surface area contributed by atoms with Gasteiger partial charge >= 0.3 is 0 Å². The highest BCUT2D eigenvalue weighted by molar-refractivity contribution is 5.96. The number of amides is 1. The molecule has 1 aliphatic rings. The lowest BCUT2D eigenvalue weighted by molar-refractivity contribution is 0.0755. The molecule has 136 valence electrons. The molecule has 1 unspecified atom stereocenters. The van der Waals surface area contributed by atoms with Gasteiger partial charge in [0.05, 0.1) is 12.2 Å². The summed E-state index contributed by atoms with van der Waals surface area (Å²) in [6, 6.07) is 0.390. The van der Waals surface area contributed by atoms with Gasteiger partial charge in [-0.15, -0.1) is 0 Å². The van der Waals surface area contributed by atoms with E-state index >= 15 is 0 Å². The Balaban J connectivity index is 1.61. The molecule has 25 heavy (non-hydrogen) atoms. The van der Waals surface area contributed by atoms with Crippen molar-refractivity contribution in [1.29, 1.82) is 0 Å². The summed E-state index contributed by atoms with van der Waals surface area (Å²) in [7, 11) is 2.07. The zero-order valence-electron chi connectivity index (χ0n) is 15.3. The van der Waals surface area contributed by atoms with E-state index in [4.69, 9.17) is 9.05 Å². The zero-order valence-corrected chi connectivity index (χ0v) is 15.3. The quantitative estimate of drug-likeness (QED) is 0.837. The van der Waals surface area contributed by atoms with Crippen molar-refractivity contribution in [2.24, 2.45) is 0 Å². The topological polar surface area (TPSA) is 88.5 Å². The van der Waals surface area contributed by atoms with Gasteiger partial charge in [0.15, 0.2) is 5.82 Å². The fourth-order valence-corrected chi connectivity index (χ4v) is 3.43. The van der Waals surface area contributed by atoms with Crippen LogP contribution in [0.15, 0.2) is 9.05 Å². The van der Waals surface area contributed by atoms with Crippen LogP contribution in [0.1, 0.15) is 52.8 Å². The summed E-state index contributed by atoms with van der Waals surface area (Å²) in [4.78, 5) is 21.2. The van der Waals surface area contributed by atoms with Gasteiger partial charge in [-0.3, -0.25) is 9.69 Å². The molecule has 3 heterocycles. The normalized spacial score (nSPS) is 18.6. The second kappa shape index (κ2) is 7.35. The van der Waals surface area contributed by atoms with Crippen LogP contribution in [0.2, 0.25) is 0 Å². The molecule has 1 aliphatic heterocycles. The van der Waals surface area contributed by atoms with Crippen molar-refractivity contribution < 1.29 is 13.8 Å². The summed E-state index contributed by atoms with van der Waals surface area (Å²) in [5.41, 5.74) is 1.27. The third kappa shape index (κ3) is 3.89. The monoisotopic (exact) mass is 347 g/mol. The van der Waals surface area contributed by atoms with Gasteiger partial charge in [-0.05, 0) is 40.2 Å². The van der Waals surface area contributed by atoms with Crippen LogP contribution in [-0.2, 0) is 6.54 Å². The van der Waals surface area contributed by atoms with Crippen molar-refractivity contribution in [3.05, 3.63) is 28.7 Å². The molecular weight excluding hydrogens is 322 g/mol. The van der Waals surface area contributed by atoms with Crippen LogP contribution in [-0.4, -0.2) is 57.2 Å². The van der Waals surface area contributed by atoms with E-state index in [-0.39, 0.29) is 5.91 Å². The SMILES string of the molecule is Cc1nc(CN(C)C2CCCN(C(=O)c3c(C)noc3C)CC2)no1. The number of carbonyl (C=O) groups is 1. The number of hydrogen-bond acceptors (Lipinski definition) is 7. The smallest absolute Gasteiger partial charge is 0.259 e. The second-order valence-electron chi connectivity index (χ2n) is 6.72. The molecule has 8 nitrogen and oxygen atoms in total. The number of carbonyl (C=O) groups excluding carboxylic acids is 1. The molecule has 1 atom stereocenters. The molecule has 0 bridgehead atoms. The molecule has 1 amide bonds. The third-order valence-corrected chi connectivity index (χ3v) is 4.82. The van der Waals surface area contributed by atoms with Crippen LogP contribution in [0, 0.1) is 20.8 Å². The summed E-state index contributed by atoms with van der Waals surface area (Å²) >= 11 is 0. The Hall–Kier alpha value is -2.22. The summed E-state index contributed by atoms with van der Waals surface area (Å²) in [6.45, 7) is 7.53. The predicted octanol–water partition coefficient (Wildman–Crippen LogP) is 2.11. The van der Waals surface area contributed by atoms with Crippen LogP contribution in [0.25, 0.3) is 0 Å². The molecule has 8 heteroatoms. The van der Waals surface area contributed by atoms with E-state index < -0.39 is 0 Å². The summed E-state index contributed by atoms with van der Waals surface area (Å²) in [5, 5.41) is 7.85. The van der Waals surface area contributed by atoms with Crippen LogP contribution in [0.4, 0.5) is 0 Å². The van der Waals surface area contributed by atoms with Crippen molar-refractivity contribution in [3.63, 3.8) is 0 Å². The first-order valence-electron chi connectivity index (χ1n) is 8.67. The fourth-order valence-electron chi connectivity index (χ4n) is 3.43. The summed E-state index contributed by atoms with van der Waals surface area (Å²) < 4.78 is 10.2. The summed E-state index contributed by atoms with van der Waals surface area (Å²) in [6.07, 6.45) is 2.93. The molecule has 1 fully saturated rings. The zero-order chi connectivity index (χ0) is 18.0. The van der Waals surface area contributed by atoms with E-state index in [1.165, 1.54) is 0 Å². The van der Waals surface area contributed by atoms with Gasteiger partial charge in [0.2, 0.25) is 5.89 Å². The lowest BCUT2D eigenvalue weighted by atomic mass is 10.1. The van der Waals surface area contributed by atoms with Crippen LogP contribution in [0.5, 0.6) is 0 Å². The summed E-state index contributed by atoms with van der Waals surface area (Å²) in [5.74, 6) is 1.90. The van der Waals surface area contributed by atoms with Gasteiger partial charge < -0.3 is 13.9 Å². The average Bonchev–Trinajstić information content (AvgIpc) is 3.02. The molecule has 0 spiro atoms. The maximum absolute atomic E-state index is 12.8. The van der Waals surface area contributed by atoms with Gasteiger partial charge in [0, 0.05) is 26.1 Å². The Labute approximate surface area is 147 Å². The van der Waals surface area contributed by atoms with Crippen molar-refractivity contribution in [3.8, 4) is 0 Å². The molecule has 2 aromatic heterocycles. The van der Waals surface area contributed by atoms with Gasteiger partial charge in [-0.25, -0.2) is 0 Å². The number of hydrogen-bond donors (Lipinski definition) is 0. The van der Waals surface area contributed by atoms with Gasteiger partial charge in [0.1, 0.15) is 11.3 Å². The largest absolute Gasteiger partial charge is 0.361 e. The Morgan fingerprint density at radius 1 is 1.20 bits per heavy atom. The lowest BCUT2D eigenvalue weighted by Gasteiger charge is -2.26. The highest BCUT2D eigenvalue weighted by Gasteiger charge is 2.27. The fraction of sp³-hybridized carbons (Fsp3) is 0.647. The molecular formula is C17H25N5O3. The van der Waals surface area contributed by atoms with E-state index in [0.29, 0.717) is 41.3 Å². The van der Waals surface area contributed by atoms with Crippen molar-refractivity contribution >= 4 is 5.91 Å². The minimum Gasteiger partial charge on any atom is -0.361 e. The Morgan fingerprint density at radius 3 is 2.64 bits per heavy atom. The standard InChI is InChI=1S/C17H25N5O3/c1-11-16(12(2)24-19-11)17(23)22-8-5-6-14(7-9-22)21(4)10-15-18-13(3)25-20-15/h14H,5-10H2,1-4H3. The molecule has 0 N–H and O–H groups in total. The first kappa shape index (κ1) is 17.6. The number of aryl methyl sites for hydroxylation is 3. The second-order valence-corrected chi connectivity index (χ2v) is 6.72. The third-order valence-electron chi connectivity index (χ3n) is 4.82. The van der Waals surface area contributed by atoms with E-state index in [0.717, 1.165) is 32.4 Å². The van der Waals surface area contributed by atoms with Crippen LogP contribution < -0.4 is 0 Å². The molecule has 3 rings (SSSR count). The predicted molar refractivity (Wildman–Crippen MR) is 90.0 cm³/mol. The highest BCUT2D eigenvalue weighted by Crippen LogP contribution is 2.21.